The van der Waals surface area contributed by atoms with Gasteiger partial charge in [-0.05, 0) is 94.3 Å². The Balaban J connectivity index is 0.000000134. The Bertz CT molecular complexity index is 2350. The summed E-state index contributed by atoms with van der Waals surface area (Å²) in [7, 11) is 0.900. The third-order valence-corrected chi connectivity index (χ3v) is 14.6. The molecule has 4 aliphatic heterocycles. The molecule has 8 aliphatic rings. The number of hydrogen-bond acceptors (Lipinski definition) is 15. The first-order chi connectivity index (χ1) is 30.4. The van der Waals surface area contributed by atoms with Gasteiger partial charge in [0.2, 0.25) is 0 Å². The van der Waals surface area contributed by atoms with E-state index in [0.717, 1.165) is 56.6 Å². The standard InChI is InChI=1S/2C21H23NO5.C5H7O4P/c2*1-11(23)25-16-6-4-13-10-15-14-5-7-17(26-12(2)24)20-21(14,8-9-22(15)3)18(13)19(16)27-20;1-10(6,7)9-5-3-2-4-8-5/h2*4-7,14-15,17,20H,8-10H2,1-3H3;2-4H,1H3,(H,6,7)/t2*14-,15+,17-,20-,21-;/m00./s1. The van der Waals surface area contributed by atoms with Crippen LogP contribution < -0.4 is 23.5 Å². The van der Waals surface area contributed by atoms with E-state index in [4.69, 9.17) is 33.3 Å². The summed E-state index contributed by atoms with van der Waals surface area (Å²) in [5.41, 5.74) is 4.31. The van der Waals surface area contributed by atoms with Crippen LogP contribution >= 0.6 is 7.60 Å². The number of esters is 4. The molecule has 4 bridgehead atoms. The van der Waals surface area contributed by atoms with Crippen molar-refractivity contribution in [2.75, 3.05) is 33.8 Å². The van der Waals surface area contributed by atoms with Crippen LogP contribution in [0.5, 0.6) is 28.9 Å². The van der Waals surface area contributed by atoms with Crippen LogP contribution in [0.2, 0.25) is 0 Å². The Labute approximate surface area is 370 Å². The first-order valence-corrected chi connectivity index (χ1v) is 23.6. The Hall–Kier alpha value is -5.41. The number of ether oxygens (including phenoxy) is 6. The van der Waals surface area contributed by atoms with Crippen molar-refractivity contribution in [2.24, 2.45) is 11.8 Å². The predicted octanol–water partition coefficient (Wildman–Crippen LogP) is 5.45. The summed E-state index contributed by atoms with van der Waals surface area (Å²) >= 11 is 0. The van der Waals surface area contributed by atoms with E-state index in [0.29, 0.717) is 35.1 Å². The van der Waals surface area contributed by atoms with Gasteiger partial charge in [0.1, 0.15) is 12.2 Å². The van der Waals surface area contributed by atoms with Crippen molar-refractivity contribution in [1.29, 1.82) is 0 Å². The van der Waals surface area contributed by atoms with E-state index in [2.05, 4.69) is 57.1 Å². The number of furan rings is 1. The molecule has 340 valence electrons. The highest BCUT2D eigenvalue weighted by Crippen LogP contribution is 2.64. The molecule has 5 heterocycles. The van der Waals surface area contributed by atoms with E-state index in [1.54, 1.807) is 6.07 Å². The van der Waals surface area contributed by atoms with Crippen molar-refractivity contribution in [3.05, 3.63) is 89.2 Å². The van der Waals surface area contributed by atoms with Crippen LogP contribution in [0.1, 0.15) is 62.8 Å². The lowest BCUT2D eigenvalue weighted by molar-refractivity contribution is -0.153. The molecule has 0 radical (unpaired) electrons. The molecular weight excluding hydrogens is 847 g/mol. The van der Waals surface area contributed by atoms with Crippen molar-refractivity contribution in [3.63, 3.8) is 0 Å². The fourth-order valence-electron chi connectivity index (χ4n) is 12.0. The summed E-state index contributed by atoms with van der Waals surface area (Å²) < 4.78 is 54.7. The first kappa shape index (κ1) is 43.8. The van der Waals surface area contributed by atoms with Gasteiger partial charge in [-0.25, -0.2) is 4.57 Å². The molecule has 17 heteroatoms. The number of carbonyl (C=O) groups is 4. The van der Waals surface area contributed by atoms with Gasteiger partial charge in [0.05, 0.1) is 6.26 Å². The normalized spacial score (nSPS) is 32.2. The number of likely N-dealkylation sites (N-methyl/N-ethyl adjacent to an activating group) is 2. The molecule has 2 saturated heterocycles. The summed E-state index contributed by atoms with van der Waals surface area (Å²) in [4.78, 5) is 60.0. The minimum Gasteiger partial charge on any atom is -0.481 e. The highest BCUT2D eigenvalue weighted by Gasteiger charge is 2.66. The maximum atomic E-state index is 11.7. The fourth-order valence-corrected chi connectivity index (χ4v) is 12.4. The van der Waals surface area contributed by atoms with Crippen LogP contribution in [0.25, 0.3) is 0 Å². The van der Waals surface area contributed by atoms with E-state index in [9.17, 15) is 23.7 Å². The van der Waals surface area contributed by atoms with Crippen LogP contribution in [0.3, 0.4) is 0 Å². The first-order valence-electron chi connectivity index (χ1n) is 21.6. The van der Waals surface area contributed by atoms with Crippen LogP contribution in [0.15, 0.2) is 71.4 Å². The van der Waals surface area contributed by atoms with Gasteiger partial charge in [0.15, 0.2) is 35.2 Å². The van der Waals surface area contributed by atoms with Crippen molar-refractivity contribution in [2.45, 2.75) is 101 Å². The molecule has 11 atom stereocenters. The Kier molecular flexibility index (Phi) is 11.1. The third kappa shape index (κ3) is 7.32. The van der Waals surface area contributed by atoms with Gasteiger partial charge < -0.3 is 52.1 Å². The fraction of sp³-hybridized carbons (Fsp3) is 0.489. The molecule has 1 aromatic heterocycles. The largest absolute Gasteiger partial charge is 0.481 e. The number of rotatable bonds is 6. The number of hydrogen-bond donors (Lipinski definition) is 1. The highest BCUT2D eigenvalue weighted by molar-refractivity contribution is 7.52. The second kappa shape index (κ2) is 16.2. The Morgan fingerprint density at radius 3 is 1.52 bits per heavy atom. The lowest BCUT2D eigenvalue weighted by Gasteiger charge is -2.56. The summed E-state index contributed by atoms with van der Waals surface area (Å²) in [6.45, 7) is 8.64. The average molecular weight is 901 g/mol. The smallest absolute Gasteiger partial charge is 0.375 e. The van der Waals surface area contributed by atoms with E-state index >= 15 is 0 Å². The van der Waals surface area contributed by atoms with Crippen molar-refractivity contribution < 1.29 is 66.0 Å². The lowest BCUT2D eigenvalue weighted by Crippen LogP contribution is -2.65. The molecule has 16 nitrogen and oxygen atoms in total. The zero-order chi connectivity index (χ0) is 45.5. The molecule has 1 unspecified atom stereocenters. The van der Waals surface area contributed by atoms with Crippen LogP contribution in [0.4, 0.5) is 0 Å². The molecular formula is C47H53N2O14P. The minimum atomic E-state index is -3.45. The average Bonchev–Trinajstić information content (AvgIpc) is 3.94. The zero-order valence-corrected chi connectivity index (χ0v) is 37.7. The van der Waals surface area contributed by atoms with Crippen molar-refractivity contribution in [3.8, 4) is 28.9 Å². The van der Waals surface area contributed by atoms with Gasteiger partial charge in [-0.2, -0.15) is 0 Å². The molecule has 2 spiro atoms. The molecule has 0 saturated carbocycles. The molecule has 2 fully saturated rings. The summed E-state index contributed by atoms with van der Waals surface area (Å²) in [5.74, 6) is 1.49. The summed E-state index contributed by atoms with van der Waals surface area (Å²) in [6, 6.07) is 11.6. The van der Waals surface area contributed by atoms with Gasteiger partial charge >= 0.3 is 31.5 Å². The minimum absolute atomic E-state index is 0.0633. The van der Waals surface area contributed by atoms with Gasteiger partial charge in [-0.15, -0.1) is 0 Å². The second-order valence-corrected chi connectivity index (χ2v) is 19.8. The Morgan fingerprint density at radius 2 is 1.14 bits per heavy atom. The van der Waals surface area contributed by atoms with E-state index < -0.39 is 19.8 Å². The topological polar surface area (TPSA) is 190 Å². The van der Waals surface area contributed by atoms with E-state index in [1.807, 2.05) is 24.3 Å². The highest BCUT2D eigenvalue weighted by atomic mass is 31.2. The molecule has 1 N–H and O–H groups in total. The van der Waals surface area contributed by atoms with Crippen molar-refractivity contribution >= 4 is 31.5 Å². The molecule has 4 aliphatic carbocycles. The van der Waals surface area contributed by atoms with E-state index in [-0.39, 0.29) is 64.7 Å². The van der Waals surface area contributed by atoms with Gasteiger partial charge in [0.25, 0.3) is 5.95 Å². The monoisotopic (exact) mass is 900 g/mol. The maximum Gasteiger partial charge on any atom is 0.375 e. The van der Waals surface area contributed by atoms with Crippen LogP contribution in [-0.4, -0.2) is 109 Å². The van der Waals surface area contributed by atoms with E-state index in [1.165, 1.54) is 51.2 Å². The van der Waals surface area contributed by atoms with Crippen molar-refractivity contribution in [1.82, 2.24) is 9.80 Å². The molecule has 3 aromatic rings. The maximum absolute atomic E-state index is 11.7. The number of carbonyl (C=O) groups excluding carboxylic acids is 4. The molecule has 2 aromatic carbocycles. The quantitative estimate of drug-likeness (QED) is 0.142. The molecule has 0 amide bonds. The summed E-state index contributed by atoms with van der Waals surface area (Å²) in [6.07, 6.45) is 12.0. The number of benzene rings is 2. The van der Waals surface area contributed by atoms with Crippen LogP contribution in [0, 0.1) is 11.8 Å². The molecule has 11 rings (SSSR count). The number of nitrogens with zero attached hydrogens (tertiary/aromatic N) is 2. The second-order valence-electron chi connectivity index (χ2n) is 18.0. The SMILES string of the molecule is CC(=O)Oc1ccc2c3c1O[C@H]1[C@@H](OC(C)=O)C=C[C@H]4[C@@H](C2)N(C)CC[C@@]341.CC(=O)Oc1ccc2c3c1O[C@H]1[C@@H](OC(C)=O)C=C[C@H]4[C@@H](C2)N(C)CC[C@@]341.CP(=O)(O)Oc1ccco1. The number of likely N-dealkylation sites (tertiary alicyclic amines) is 2. The lowest BCUT2D eigenvalue weighted by atomic mass is 9.53. The van der Waals surface area contributed by atoms with Crippen LogP contribution in [-0.2, 0) is 56.9 Å². The number of piperidine rings is 2. The predicted molar refractivity (Wildman–Crippen MR) is 229 cm³/mol. The molecule has 64 heavy (non-hydrogen) atoms. The van der Waals surface area contributed by atoms with Gasteiger partial charge in [-0.3, -0.25) is 19.2 Å². The Morgan fingerprint density at radius 1 is 0.688 bits per heavy atom. The zero-order valence-electron chi connectivity index (χ0n) is 36.8. The third-order valence-electron chi connectivity index (χ3n) is 14.1. The summed E-state index contributed by atoms with van der Waals surface area (Å²) in [5, 5.41) is 0. The van der Waals surface area contributed by atoms with Gasteiger partial charge in [-0.1, -0.05) is 24.3 Å². The van der Waals surface area contributed by atoms with Gasteiger partial charge in [0, 0.05) is 86.3 Å².